The number of hydrogen-bond acceptors (Lipinski definition) is 3. The molecular formula is C16H33N3. The van der Waals surface area contributed by atoms with Crippen molar-refractivity contribution < 1.29 is 0 Å². The van der Waals surface area contributed by atoms with Crippen LogP contribution < -0.4 is 10.6 Å². The summed E-state index contributed by atoms with van der Waals surface area (Å²) in [6, 6.07) is 1.41. The molecule has 2 heterocycles. The van der Waals surface area contributed by atoms with E-state index in [0.717, 1.165) is 18.5 Å². The SMILES string of the molecule is CC1CCN(CCNC(C)CC2CCCCN2)CC1. The van der Waals surface area contributed by atoms with Crippen LogP contribution >= 0.6 is 0 Å². The van der Waals surface area contributed by atoms with Crippen molar-refractivity contribution in [1.29, 1.82) is 0 Å². The Hall–Kier alpha value is -0.120. The molecule has 2 N–H and O–H groups in total. The number of rotatable bonds is 6. The van der Waals surface area contributed by atoms with E-state index in [-0.39, 0.29) is 0 Å². The molecule has 3 heteroatoms. The van der Waals surface area contributed by atoms with Crippen molar-refractivity contribution in [2.24, 2.45) is 5.92 Å². The van der Waals surface area contributed by atoms with Gasteiger partial charge < -0.3 is 15.5 Å². The van der Waals surface area contributed by atoms with E-state index in [1.807, 2.05) is 0 Å². The highest BCUT2D eigenvalue weighted by molar-refractivity contribution is 4.77. The van der Waals surface area contributed by atoms with Gasteiger partial charge in [-0.15, -0.1) is 0 Å². The third kappa shape index (κ3) is 5.80. The lowest BCUT2D eigenvalue weighted by Crippen LogP contribution is -2.43. The van der Waals surface area contributed by atoms with Gasteiger partial charge in [0.25, 0.3) is 0 Å². The molecule has 0 aromatic rings. The zero-order chi connectivity index (χ0) is 13.5. The second-order valence-corrected chi connectivity index (χ2v) is 6.76. The van der Waals surface area contributed by atoms with Crippen LogP contribution in [0, 0.1) is 5.92 Å². The molecule has 2 fully saturated rings. The summed E-state index contributed by atoms with van der Waals surface area (Å²) >= 11 is 0. The monoisotopic (exact) mass is 267 g/mol. The summed E-state index contributed by atoms with van der Waals surface area (Å²) in [6.45, 7) is 11.0. The Morgan fingerprint density at radius 3 is 2.68 bits per heavy atom. The Morgan fingerprint density at radius 2 is 2.00 bits per heavy atom. The van der Waals surface area contributed by atoms with Gasteiger partial charge in [-0.2, -0.15) is 0 Å². The zero-order valence-corrected chi connectivity index (χ0v) is 13.0. The van der Waals surface area contributed by atoms with E-state index in [0.29, 0.717) is 6.04 Å². The lowest BCUT2D eigenvalue weighted by molar-refractivity contribution is 0.190. The largest absolute Gasteiger partial charge is 0.314 e. The van der Waals surface area contributed by atoms with Crippen molar-refractivity contribution in [2.75, 3.05) is 32.7 Å². The van der Waals surface area contributed by atoms with Gasteiger partial charge in [-0.3, -0.25) is 0 Å². The number of likely N-dealkylation sites (tertiary alicyclic amines) is 1. The van der Waals surface area contributed by atoms with Crippen LogP contribution in [0.1, 0.15) is 52.4 Å². The summed E-state index contributed by atoms with van der Waals surface area (Å²) in [6.07, 6.45) is 8.22. The van der Waals surface area contributed by atoms with Crippen molar-refractivity contribution in [1.82, 2.24) is 15.5 Å². The number of nitrogens with zero attached hydrogens (tertiary/aromatic N) is 1. The first-order chi connectivity index (χ1) is 9.24. The average Bonchev–Trinajstić information content (AvgIpc) is 2.42. The molecule has 0 aromatic carbocycles. The molecule has 2 saturated heterocycles. The normalized spacial score (nSPS) is 28.4. The topological polar surface area (TPSA) is 27.3 Å². The van der Waals surface area contributed by atoms with Crippen LogP contribution in [-0.2, 0) is 0 Å². The first kappa shape index (κ1) is 15.3. The smallest absolute Gasteiger partial charge is 0.0107 e. The fourth-order valence-electron chi connectivity index (χ4n) is 3.39. The molecule has 0 aromatic heterocycles. The molecule has 0 spiro atoms. The predicted molar refractivity (Wildman–Crippen MR) is 82.6 cm³/mol. The van der Waals surface area contributed by atoms with Gasteiger partial charge in [-0.1, -0.05) is 13.3 Å². The average molecular weight is 267 g/mol. The van der Waals surface area contributed by atoms with Crippen LogP contribution in [0.3, 0.4) is 0 Å². The van der Waals surface area contributed by atoms with Crippen LogP contribution in [-0.4, -0.2) is 49.7 Å². The van der Waals surface area contributed by atoms with E-state index in [2.05, 4.69) is 29.4 Å². The number of piperidine rings is 2. The van der Waals surface area contributed by atoms with Crippen LogP contribution in [0.15, 0.2) is 0 Å². The molecule has 0 amide bonds. The first-order valence-electron chi connectivity index (χ1n) is 8.43. The quantitative estimate of drug-likeness (QED) is 0.773. The molecule has 0 bridgehead atoms. The minimum atomic E-state index is 0.652. The van der Waals surface area contributed by atoms with Gasteiger partial charge >= 0.3 is 0 Å². The first-order valence-corrected chi connectivity index (χ1v) is 8.43. The Labute approximate surface area is 119 Å². The van der Waals surface area contributed by atoms with Gasteiger partial charge in [-0.25, -0.2) is 0 Å². The fraction of sp³-hybridized carbons (Fsp3) is 1.00. The maximum Gasteiger partial charge on any atom is 0.0107 e. The molecule has 112 valence electrons. The van der Waals surface area contributed by atoms with Crippen molar-refractivity contribution in [3.63, 3.8) is 0 Å². The summed E-state index contributed by atoms with van der Waals surface area (Å²) in [7, 11) is 0. The predicted octanol–water partition coefficient (Wildman–Crippen LogP) is 2.23. The Morgan fingerprint density at radius 1 is 1.21 bits per heavy atom. The van der Waals surface area contributed by atoms with Crippen LogP contribution in [0.5, 0.6) is 0 Å². The highest BCUT2D eigenvalue weighted by atomic mass is 15.1. The molecule has 2 aliphatic heterocycles. The molecule has 0 saturated carbocycles. The van der Waals surface area contributed by atoms with Crippen LogP contribution in [0.4, 0.5) is 0 Å². The van der Waals surface area contributed by atoms with E-state index in [1.165, 1.54) is 64.7 Å². The fourth-order valence-corrected chi connectivity index (χ4v) is 3.39. The van der Waals surface area contributed by atoms with Crippen molar-refractivity contribution >= 4 is 0 Å². The third-order valence-corrected chi connectivity index (χ3v) is 4.85. The van der Waals surface area contributed by atoms with Crippen molar-refractivity contribution in [2.45, 2.75) is 64.5 Å². The van der Waals surface area contributed by atoms with Crippen molar-refractivity contribution in [3.8, 4) is 0 Å². The lowest BCUT2D eigenvalue weighted by atomic mass is 9.98. The summed E-state index contributed by atoms with van der Waals surface area (Å²) < 4.78 is 0. The molecule has 2 aliphatic rings. The maximum atomic E-state index is 3.71. The minimum Gasteiger partial charge on any atom is -0.314 e. The molecule has 3 nitrogen and oxygen atoms in total. The van der Waals surface area contributed by atoms with Crippen molar-refractivity contribution in [3.05, 3.63) is 0 Å². The maximum absolute atomic E-state index is 3.71. The van der Waals surface area contributed by atoms with Gasteiger partial charge in [-0.05, 0) is 64.6 Å². The summed E-state index contributed by atoms with van der Waals surface area (Å²) in [5, 5.41) is 7.35. The van der Waals surface area contributed by atoms with Gasteiger partial charge in [0.1, 0.15) is 0 Å². The second-order valence-electron chi connectivity index (χ2n) is 6.76. The summed E-state index contributed by atoms with van der Waals surface area (Å²) in [5.41, 5.74) is 0. The van der Waals surface area contributed by atoms with E-state index in [9.17, 15) is 0 Å². The Kier molecular flexibility index (Phi) is 6.62. The van der Waals surface area contributed by atoms with Gasteiger partial charge in [0, 0.05) is 25.2 Å². The highest BCUT2D eigenvalue weighted by Gasteiger charge is 2.17. The Bertz CT molecular complexity index is 230. The lowest BCUT2D eigenvalue weighted by Gasteiger charge is -2.31. The standard InChI is InChI=1S/C16H33N3/c1-14-6-10-19(11-7-14)12-9-17-15(2)13-16-5-3-4-8-18-16/h14-18H,3-13H2,1-2H3. The van der Waals surface area contributed by atoms with Gasteiger partial charge in [0.15, 0.2) is 0 Å². The van der Waals surface area contributed by atoms with Crippen LogP contribution in [0.2, 0.25) is 0 Å². The molecular weight excluding hydrogens is 234 g/mol. The van der Waals surface area contributed by atoms with Gasteiger partial charge in [0.05, 0.1) is 0 Å². The molecule has 0 aliphatic carbocycles. The number of nitrogens with one attached hydrogen (secondary N) is 2. The summed E-state index contributed by atoms with van der Waals surface area (Å²) in [4.78, 5) is 2.62. The van der Waals surface area contributed by atoms with E-state index in [1.54, 1.807) is 0 Å². The molecule has 2 atom stereocenters. The second kappa shape index (κ2) is 8.23. The minimum absolute atomic E-state index is 0.652. The van der Waals surface area contributed by atoms with E-state index in [4.69, 9.17) is 0 Å². The number of hydrogen-bond donors (Lipinski definition) is 2. The van der Waals surface area contributed by atoms with E-state index < -0.39 is 0 Å². The molecule has 2 unspecified atom stereocenters. The molecule has 2 rings (SSSR count). The van der Waals surface area contributed by atoms with Crippen LogP contribution in [0.25, 0.3) is 0 Å². The molecule has 0 radical (unpaired) electrons. The van der Waals surface area contributed by atoms with E-state index >= 15 is 0 Å². The zero-order valence-electron chi connectivity index (χ0n) is 13.0. The highest BCUT2D eigenvalue weighted by Crippen LogP contribution is 2.15. The van der Waals surface area contributed by atoms with Gasteiger partial charge in [0.2, 0.25) is 0 Å². The summed E-state index contributed by atoms with van der Waals surface area (Å²) in [5.74, 6) is 0.945. The third-order valence-electron chi connectivity index (χ3n) is 4.85. The molecule has 19 heavy (non-hydrogen) atoms. The Balaban J connectivity index is 1.52.